The van der Waals surface area contributed by atoms with E-state index in [2.05, 4.69) is 15.3 Å². The molecule has 3 rings (SSSR count). The fourth-order valence-electron chi connectivity index (χ4n) is 2.84. The van der Waals surface area contributed by atoms with Gasteiger partial charge >= 0.3 is 0 Å². The average molecular weight is 565 g/mol. The van der Waals surface area contributed by atoms with E-state index in [1.54, 1.807) is 18.2 Å². The molecule has 0 aliphatic heterocycles. The number of aromatic nitrogens is 1. The lowest BCUT2D eigenvalue weighted by Gasteiger charge is -2.16. The lowest BCUT2D eigenvalue weighted by Crippen LogP contribution is -2.25. The third kappa shape index (κ3) is 5.51. The molecule has 0 aliphatic rings. The van der Waals surface area contributed by atoms with Crippen molar-refractivity contribution >= 4 is 98.4 Å². The zero-order valence-corrected chi connectivity index (χ0v) is 22.0. The van der Waals surface area contributed by atoms with E-state index >= 15 is 0 Å². The van der Waals surface area contributed by atoms with Crippen LogP contribution in [0.15, 0.2) is 41.5 Å². The number of benzene rings is 2. The van der Waals surface area contributed by atoms with Gasteiger partial charge in [-0.3, -0.25) is 4.79 Å². The minimum atomic E-state index is -0.676. The van der Waals surface area contributed by atoms with Crippen LogP contribution in [0.25, 0.3) is 0 Å². The average Bonchev–Trinajstić information content (AvgIpc) is 2.78. The van der Waals surface area contributed by atoms with Gasteiger partial charge in [0.2, 0.25) is 0 Å². The van der Waals surface area contributed by atoms with E-state index in [0.29, 0.717) is 5.69 Å². The van der Waals surface area contributed by atoms with Gasteiger partial charge in [-0.05, 0) is 42.8 Å². The molecule has 0 saturated carbocycles. The maximum absolute atomic E-state index is 13.4. The van der Waals surface area contributed by atoms with Crippen LogP contribution >= 0.6 is 69.6 Å². The third-order valence-electron chi connectivity index (χ3n) is 4.58. The van der Waals surface area contributed by atoms with Crippen molar-refractivity contribution in [3.05, 3.63) is 77.8 Å². The number of aryl methyl sites for hydroxylation is 1. The largest absolute Gasteiger partial charge is 0.378 e. The van der Waals surface area contributed by atoms with Crippen LogP contribution in [0.1, 0.15) is 11.1 Å². The summed E-state index contributed by atoms with van der Waals surface area (Å²) < 4.78 is 0. The van der Waals surface area contributed by atoms with Gasteiger partial charge in [0.25, 0.3) is 5.91 Å². The highest BCUT2D eigenvalue weighted by molar-refractivity contribution is 6.61. The summed E-state index contributed by atoms with van der Waals surface area (Å²) in [6.45, 7) is 1.86. The molecule has 0 unspecified atom stereocenters. The van der Waals surface area contributed by atoms with Crippen molar-refractivity contribution in [2.24, 2.45) is 4.99 Å². The van der Waals surface area contributed by atoms with Gasteiger partial charge in [0, 0.05) is 31.5 Å². The molecule has 1 heterocycles. The molecule has 0 saturated heterocycles. The molecule has 0 fully saturated rings. The van der Waals surface area contributed by atoms with Crippen LogP contribution in [0.2, 0.25) is 30.1 Å². The molecule has 2 aromatic carbocycles. The van der Waals surface area contributed by atoms with Crippen molar-refractivity contribution in [1.29, 1.82) is 0 Å². The van der Waals surface area contributed by atoms with Gasteiger partial charge in [0.05, 0.1) is 35.8 Å². The summed E-state index contributed by atoms with van der Waals surface area (Å²) >= 11 is 37.7. The van der Waals surface area contributed by atoms with Gasteiger partial charge in [0.1, 0.15) is 5.71 Å². The van der Waals surface area contributed by atoms with Crippen molar-refractivity contribution < 1.29 is 4.79 Å². The number of rotatable bonds is 5. The standard InChI is InChI=1S/C22H16Cl6N4O/c1-10-9-11(32(2)3)6-7-13(10)30-20(22(33)31-21-12(23)5-4-8-29-21)14-15(24)17(26)19(28)18(27)16(14)25/h4-9H,1-3H3,(H,29,31,33). The smallest absolute Gasteiger partial charge is 0.276 e. The number of aliphatic imine (C=N–C) groups is 1. The van der Waals surface area contributed by atoms with Gasteiger partial charge in [-0.15, -0.1) is 0 Å². The highest BCUT2D eigenvalue weighted by Crippen LogP contribution is 2.44. The molecule has 5 nitrogen and oxygen atoms in total. The molecule has 0 aliphatic carbocycles. The number of nitrogens with zero attached hydrogens (tertiary/aromatic N) is 3. The summed E-state index contributed by atoms with van der Waals surface area (Å²) in [6, 6.07) is 8.78. The Morgan fingerprint density at radius 3 is 2.09 bits per heavy atom. The molecular formula is C22H16Cl6N4O. The van der Waals surface area contributed by atoms with Crippen LogP contribution < -0.4 is 10.2 Å². The van der Waals surface area contributed by atoms with Crippen molar-refractivity contribution in [2.75, 3.05) is 24.3 Å². The molecule has 1 amide bonds. The quantitative estimate of drug-likeness (QED) is 0.193. The Balaban J connectivity index is 2.23. The maximum atomic E-state index is 13.4. The highest BCUT2D eigenvalue weighted by Gasteiger charge is 2.27. The zero-order chi connectivity index (χ0) is 24.4. The first-order chi connectivity index (χ1) is 15.5. The number of carbonyl (C=O) groups is 1. The number of hydrogen-bond acceptors (Lipinski definition) is 4. The second-order valence-electron chi connectivity index (χ2n) is 7.06. The number of anilines is 2. The zero-order valence-electron chi connectivity index (χ0n) is 17.5. The lowest BCUT2D eigenvalue weighted by atomic mass is 10.1. The number of nitrogens with one attached hydrogen (secondary N) is 1. The first-order valence-electron chi connectivity index (χ1n) is 9.33. The Morgan fingerprint density at radius 2 is 1.55 bits per heavy atom. The lowest BCUT2D eigenvalue weighted by molar-refractivity contribution is -0.110. The summed E-state index contributed by atoms with van der Waals surface area (Å²) in [7, 11) is 3.84. The van der Waals surface area contributed by atoms with Crippen molar-refractivity contribution in [3.63, 3.8) is 0 Å². The summed E-state index contributed by atoms with van der Waals surface area (Å²) in [5, 5.41) is 2.58. The molecule has 1 N–H and O–H groups in total. The Labute approximate surface area is 221 Å². The van der Waals surface area contributed by atoms with Crippen molar-refractivity contribution in [1.82, 2.24) is 4.98 Å². The van der Waals surface area contributed by atoms with E-state index in [9.17, 15) is 4.79 Å². The van der Waals surface area contributed by atoms with Crippen molar-refractivity contribution in [2.45, 2.75) is 6.92 Å². The monoisotopic (exact) mass is 562 g/mol. The molecule has 0 bridgehead atoms. The minimum Gasteiger partial charge on any atom is -0.378 e. The number of carbonyl (C=O) groups excluding carboxylic acids is 1. The van der Waals surface area contributed by atoms with Crippen LogP contribution in [0.4, 0.5) is 17.2 Å². The summed E-state index contributed by atoms with van der Waals surface area (Å²) in [4.78, 5) is 24.0. The Bertz CT molecular complexity index is 1250. The summed E-state index contributed by atoms with van der Waals surface area (Å²) in [5.41, 5.74) is 2.16. The molecule has 0 radical (unpaired) electrons. The van der Waals surface area contributed by atoms with Gasteiger partial charge in [-0.25, -0.2) is 9.98 Å². The summed E-state index contributed by atoms with van der Waals surface area (Å²) in [5.74, 6) is -0.542. The third-order valence-corrected chi connectivity index (χ3v) is 7.16. The second-order valence-corrected chi connectivity index (χ2v) is 9.36. The van der Waals surface area contributed by atoms with E-state index in [0.717, 1.165) is 11.3 Å². The first kappa shape index (κ1) is 25.9. The van der Waals surface area contributed by atoms with E-state index < -0.39 is 5.91 Å². The van der Waals surface area contributed by atoms with Gasteiger partial charge < -0.3 is 10.2 Å². The Kier molecular flexibility index (Phi) is 8.38. The van der Waals surface area contributed by atoms with Gasteiger partial charge in [0.15, 0.2) is 5.82 Å². The van der Waals surface area contributed by atoms with Crippen LogP contribution in [-0.2, 0) is 4.79 Å². The number of pyridine rings is 1. The Morgan fingerprint density at radius 1 is 0.939 bits per heavy atom. The number of halogens is 6. The van der Waals surface area contributed by atoms with E-state index in [-0.39, 0.29) is 47.2 Å². The van der Waals surface area contributed by atoms with Crippen LogP contribution in [0, 0.1) is 6.92 Å². The van der Waals surface area contributed by atoms with Gasteiger partial charge in [-0.1, -0.05) is 69.6 Å². The second kappa shape index (κ2) is 10.7. The van der Waals surface area contributed by atoms with Gasteiger partial charge in [-0.2, -0.15) is 0 Å². The van der Waals surface area contributed by atoms with Crippen LogP contribution in [0.5, 0.6) is 0 Å². The molecule has 11 heteroatoms. The molecule has 33 heavy (non-hydrogen) atoms. The fourth-order valence-corrected chi connectivity index (χ4v) is 4.33. The molecule has 0 atom stereocenters. The molecule has 3 aromatic rings. The maximum Gasteiger partial charge on any atom is 0.276 e. The van der Waals surface area contributed by atoms with E-state index in [1.165, 1.54) is 6.20 Å². The molecule has 0 spiro atoms. The van der Waals surface area contributed by atoms with E-state index in [4.69, 9.17) is 69.6 Å². The topological polar surface area (TPSA) is 57.6 Å². The molecule has 172 valence electrons. The number of hydrogen-bond donors (Lipinski definition) is 1. The minimum absolute atomic E-state index is 0.0263. The van der Waals surface area contributed by atoms with Crippen LogP contribution in [-0.4, -0.2) is 30.7 Å². The fraction of sp³-hybridized carbons (Fsp3) is 0.136. The highest BCUT2D eigenvalue weighted by atomic mass is 35.5. The predicted molar refractivity (Wildman–Crippen MR) is 141 cm³/mol. The first-order valence-corrected chi connectivity index (χ1v) is 11.6. The Hall–Kier alpha value is -1.73. The van der Waals surface area contributed by atoms with Crippen molar-refractivity contribution in [3.8, 4) is 0 Å². The molecule has 1 aromatic heterocycles. The SMILES string of the molecule is Cc1cc(N(C)C)ccc1N=C(C(=O)Nc1ncccc1Cl)c1c(Cl)c(Cl)c(Cl)c(Cl)c1Cl. The number of amides is 1. The normalized spacial score (nSPS) is 11.5. The van der Waals surface area contributed by atoms with E-state index in [1.807, 2.05) is 38.1 Å². The molecular weight excluding hydrogens is 549 g/mol. The predicted octanol–water partition coefficient (Wildman–Crippen LogP) is 8.14. The van der Waals surface area contributed by atoms with Crippen LogP contribution in [0.3, 0.4) is 0 Å². The summed E-state index contributed by atoms with van der Waals surface area (Å²) in [6.07, 6.45) is 1.48.